The van der Waals surface area contributed by atoms with Crippen molar-refractivity contribution in [2.75, 3.05) is 6.61 Å². The summed E-state index contributed by atoms with van der Waals surface area (Å²) in [4.78, 5) is 35.3. The third kappa shape index (κ3) is 11.0. The van der Waals surface area contributed by atoms with Crippen molar-refractivity contribution >= 4 is 18.0 Å². The van der Waals surface area contributed by atoms with E-state index in [2.05, 4.69) is 5.32 Å². The number of rotatable bonds is 8. The van der Waals surface area contributed by atoms with Crippen LogP contribution in [0.1, 0.15) is 40.2 Å². The van der Waals surface area contributed by atoms with Crippen LogP contribution in [-0.4, -0.2) is 42.4 Å². The lowest BCUT2D eigenvalue weighted by Gasteiger charge is -2.23. The summed E-state index contributed by atoms with van der Waals surface area (Å²) in [6, 6.07) is 8.99. The summed E-state index contributed by atoms with van der Waals surface area (Å²) in [6.45, 7) is 8.64. The predicted molar refractivity (Wildman–Crippen MR) is 105 cm³/mol. The molecule has 0 aliphatic carbocycles. The maximum absolute atomic E-state index is 12.1. The number of carbonyl (C=O) groups is 3. The highest BCUT2D eigenvalue weighted by Gasteiger charge is 2.20. The van der Waals surface area contributed by atoms with Crippen LogP contribution in [0.3, 0.4) is 0 Å². The van der Waals surface area contributed by atoms with Crippen molar-refractivity contribution in [3.05, 3.63) is 48.0 Å². The van der Waals surface area contributed by atoms with Gasteiger partial charge in [-0.3, -0.25) is 0 Å². The molecule has 0 spiro atoms. The van der Waals surface area contributed by atoms with Gasteiger partial charge in [0.1, 0.15) is 12.2 Å². The van der Waals surface area contributed by atoms with Gasteiger partial charge in [-0.2, -0.15) is 0 Å². The molecule has 0 aliphatic rings. The Bertz CT molecular complexity index is 676. The van der Waals surface area contributed by atoms with Gasteiger partial charge in [0.2, 0.25) is 0 Å². The molecule has 0 heterocycles. The van der Waals surface area contributed by atoms with Crippen molar-refractivity contribution in [3.63, 3.8) is 0 Å². The minimum Gasteiger partial charge on any atom is -0.460 e. The summed E-state index contributed by atoms with van der Waals surface area (Å²) in [5.74, 6) is -1.33. The maximum Gasteiger partial charge on any atom is 0.408 e. The van der Waals surface area contributed by atoms with E-state index in [-0.39, 0.29) is 12.7 Å². The second kappa shape index (κ2) is 11.1. The van der Waals surface area contributed by atoms with Crippen LogP contribution in [0.15, 0.2) is 42.5 Å². The van der Waals surface area contributed by atoms with E-state index in [0.29, 0.717) is 6.42 Å². The molecule has 0 aromatic heterocycles. The quantitative estimate of drug-likeness (QED) is 0.416. The molecule has 0 fully saturated rings. The second-order valence-electron chi connectivity index (χ2n) is 7.48. The van der Waals surface area contributed by atoms with Crippen LogP contribution in [0.5, 0.6) is 0 Å². The molecule has 1 aromatic carbocycles. The molecule has 1 aromatic rings. The van der Waals surface area contributed by atoms with E-state index < -0.39 is 29.7 Å². The number of nitrogens with one attached hydrogen (secondary N) is 1. The summed E-state index contributed by atoms with van der Waals surface area (Å²) in [7, 11) is 0. The first-order valence-corrected chi connectivity index (χ1v) is 9.14. The van der Waals surface area contributed by atoms with Gasteiger partial charge in [0, 0.05) is 12.2 Å². The fourth-order valence-electron chi connectivity index (χ4n) is 2.16. The Morgan fingerprint density at radius 1 is 1.04 bits per heavy atom. The summed E-state index contributed by atoms with van der Waals surface area (Å²) in [6.07, 6.45) is 1.59. The fraction of sp³-hybridized carbons (Fsp3) is 0.476. The van der Waals surface area contributed by atoms with Gasteiger partial charge in [-0.1, -0.05) is 30.3 Å². The van der Waals surface area contributed by atoms with Gasteiger partial charge in [-0.05, 0) is 46.6 Å². The van der Waals surface area contributed by atoms with Gasteiger partial charge < -0.3 is 19.5 Å². The molecule has 1 rings (SSSR count). The Morgan fingerprint density at radius 2 is 1.64 bits per heavy atom. The van der Waals surface area contributed by atoms with Gasteiger partial charge in [0.15, 0.2) is 0 Å². The Labute approximate surface area is 166 Å². The van der Waals surface area contributed by atoms with Crippen LogP contribution in [0.4, 0.5) is 4.79 Å². The van der Waals surface area contributed by atoms with Crippen molar-refractivity contribution in [1.29, 1.82) is 0 Å². The number of hydrogen-bond acceptors (Lipinski definition) is 6. The first kappa shape index (κ1) is 23.2. The monoisotopic (exact) mass is 391 g/mol. The highest BCUT2D eigenvalue weighted by Crippen LogP contribution is 2.09. The standard InChI is InChI=1S/C21H29NO6/c1-15(2)27-19(24)12-11-18(23)26-14-17(13-16-9-7-6-8-10-16)22-20(25)28-21(3,4)5/h6-12,15,17H,13-14H2,1-5H3,(H,22,25)/b12-11+/t17-/m0/s1. The molecule has 7 nitrogen and oxygen atoms in total. The molecule has 1 N–H and O–H groups in total. The Kier molecular flexibility index (Phi) is 9.21. The smallest absolute Gasteiger partial charge is 0.408 e. The van der Waals surface area contributed by atoms with Crippen LogP contribution in [0.2, 0.25) is 0 Å². The molecular formula is C21H29NO6. The van der Waals surface area contributed by atoms with Crippen LogP contribution in [-0.2, 0) is 30.2 Å². The van der Waals surface area contributed by atoms with E-state index in [1.807, 2.05) is 30.3 Å². The largest absolute Gasteiger partial charge is 0.460 e. The third-order valence-electron chi connectivity index (χ3n) is 3.18. The zero-order chi connectivity index (χ0) is 21.2. The molecule has 7 heteroatoms. The summed E-state index contributed by atoms with van der Waals surface area (Å²) in [5, 5.41) is 2.71. The topological polar surface area (TPSA) is 90.9 Å². The number of benzene rings is 1. The Hall–Kier alpha value is -2.83. The van der Waals surface area contributed by atoms with Crippen molar-refractivity contribution < 1.29 is 28.6 Å². The number of ether oxygens (including phenoxy) is 3. The first-order chi connectivity index (χ1) is 13.0. The molecule has 1 atom stereocenters. The van der Waals surface area contributed by atoms with Gasteiger partial charge in [-0.15, -0.1) is 0 Å². The lowest BCUT2D eigenvalue weighted by molar-refractivity contribution is -0.143. The normalized spacial score (nSPS) is 12.5. The fourth-order valence-corrected chi connectivity index (χ4v) is 2.16. The van der Waals surface area contributed by atoms with Crippen LogP contribution >= 0.6 is 0 Å². The minimum atomic E-state index is -0.704. The van der Waals surface area contributed by atoms with E-state index in [0.717, 1.165) is 17.7 Å². The average molecular weight is 391 g/mol. The van der Waals surface area contributed by atoms with Crippen LogP contribution in [0.25, 0.3) is 0 Å². The lowest BCUT2D eigenvalue weighted by Crippen LogP contribution is -2.43. The van der Waals surface area contributed by atoms with E-state index in [1.54, 1.807) is 34.6 Å². The SMILES string of the molecule is CC(C)OC(=O)/C=C/C(=O)OC[C@H](Cc1ccccc1)NC(=O)OC(C)(C)C. The highest BCUT2D eigenvalue weighted by atomic mass is 16.6. The number of hydrogen-bond donors (Lipinski definition) is 1. The van der Waals surface area contributed by atoms with E-state index in [4.69, 9.17) is 14.2 Å². The predicted octanol–water partition coefficient (Wildman–Crippen LogP) is 3.17. The summed E-state index contributed by atoms with van der Waals surface area (Å²) in [5.41, 5.74) is 0.327. The molecule has 28 heavy (non-hydrogen) atoms. The molecule has 0 aliphatic heterocycles. The maximum atomic E-state index is 12.1. The number of carbonyl (C=O) groups excluding carboxylic acids is 3. The number of amides is 1. The Balaban J connectivity index is 2.66. The highest BCUT2D eigenvalue weighted by molar-refractivity contribution is 5.91. The zero-order valence-corrected chi connectivity index (χ0v) is 17.1. The third-order valence-corrected chi connectivity index (χ3v) is 3.18. The van der Waals surface area contributed by atoms with Crippen LogP contribution in [0, 0.1) is 0 Å². The molecule has 0 radical (unpaired) electrons. The minimum absolute atomic E-state index is 0.0729. The molecule has 154 valence electrons. The van der Waals surface area contributed by atoms with Gasteiger partial charge in [-0.25, -0.2) is 14.4 Å². The number of alkyl carbamates (subject to hydrolysis) is 1. The van der Waals surface area contributed by atoms with Gasteiger partial charge in [0.05, 0.1) is 12.1 Å². The molecule has 0 bridgehead atoms. The average Bonchev–Trinajstić information content (AvgIpc) is 2.56. The molecule has 1 amide bonds. The van der Waals surface area contributed by atoms with Crippen molar-refractivity contribution in [2.24, 2.45) is 0 Å². The van der Waals surface area contributed by atoms with E-state index >= 15 is 0 Å². The first-order valence-electron chi connectivity index (χ1n) is 9.14. The summed E-state index contributed by atoms with van der Waals surface area (Å²) >= 11 is 0. The molecule has 0 unspecified atom stereocenters. The molecule has 0 saturated carbocycles. The van der Waals surface area contributed by atoms with Crippen molar-refractivity contribution in [3.8, 4) is 0 Å². The van der Waals surface area contributed by atoms with Gasteiger partial charge >= 0.3 is 18.0 Å². The van der Waals surface area contributed by atoms with Crippen LogP contribution < -0.4 is 5.32 Å². The summed E-state index contributed by atoms with van der Waals surface area (Å²) < 4.78 is 15.3. The van der Waals surface area contributed by atoms with Crippen molar-refractivity contribution in [2.45, 2.75) is 58.8 Å². The van der Waals surface area contributed by atoms with Crippen molar-refractivity contribution in [1.82, 2.24) is 5.32 Å². The van der Waals surface area contributed by atoms with E-state index in [9.17, 15) is 14.4 Å². The molecular weight excluding hydrogens is 362 g/mol. The number of esters is 2. The van der Waals surface area contributed by atoms with Gasteiger partial charge in [0.25, 0.3) is 0 Å². The molecule has 0 saturated heterocycles. The van der Waals surface area contributed by atoms with E-state index in [1.165, 1.54) is 0 Å². The second-order valence-corrected chi connectivity index (χ2v) is 7.48. The lowest BCUT2D eigenvalue weighted by atomic mass is 10.1. The Morgan fingerprint density at radius 3 is 2.21 bits per heavy atom. The zero-order valence-electron chi connectivity index (χ0n) is 17.1.